The molecule has 5 nitrogen and oxygen atoms in total. The summed E-state index contributed by atoms with van der Waals surface area (Å²) in [5.74, 6) is -0.439. The van der Waals surface area contributed by atoms with Crippen molar-refractivity contribution in [3.05, 3.63) is 59.1 Å². The molecule has 0 heterocycles. The average molecular weight is 342 g/mol. The van der Waals surface area contributed by atoms with E-state index in [0.717, 1.165) is 0 Å². The van der Waals surface area contributed by atoms with Gasteiger partial charge >= 0.3 is 0 Å². The predicted molar refractivity (Wildman–Crippen MR) is 93.9 cm³/mol. The largest absolute Gasteiger partial charge is 0.326 e. The minimum absolute atomic E-state index is 0.113. The molecule has 0 aromatic heterocycles. The van der Waals surface area contributed by atoms with Crippen molar-refractivity contribution in [1.82, 2.24) is 0 Å². The zero-order valence-corrected chi connectivity index (χ0v) is 13.9. The van der Waals surface area contributed by atoms with E-state index >= 15 is 0 Å². The Morgan fingerprint density at radius 2 is 1.96 bits per heavy atom. The summed E-state index contributed by atoms with van der Waals surface area (Å²) in [6.07, 6.45) is 0.113. The summed E-state index contributed by atoms with van der Waals surface area (Å²) in [7, 11) is 0. The Bertz CT molecular complexity index is 799. The Morgan fingerprint density at radius 1 is 1.21 bits per heavy atom. The molecule has 6 heteroatoms. The van der Waals surface area contributed by atoms with Gasteiger partial charge in [0.2, 0.25) is 11.8 Å². The van der Waals surface area contributed by atoms with Crippen molar-refractivity contribution in [2.24, 2.45) is 0 Å². The number of nitrogens with zero attached hydrogens (tertiary/aromatic N) is 2. The third-order valence-corrected chi connectivity index (χ3v) is 3.68. The third-order valence-electron chi connectivity index (χ3n) is 3.36. The molecule has 0 saturated heterocycles. The lowest BCUT2D eigenvalue weighted by atomic mass is 10.2. The highest BCUT2D eigenvalue weighted by molar-refractivity contribution is 6.33. The average Bonchev–Trinajstić information content (AvgIpc) is 2.56. The molecular weight excluding hydrogens is 326 g/mol. The first-order valence-electron chi connectivity index (χ1n) is 7.34. The van der Waals surface area contributed by atoms with Crippen LogP contribution in [0.5, 0.6) is 0 Å². The van der Waals surface area contributed by atoms with E-state index in [9.17, 15) is 9.59 Å². The normalized spacial score (nSPS) is 9.88. The standard InChI is InChI=1S/C18H16ClN3O2/c1-13(23)22(17-8-3-2-7-16(17)19)10-9-18(24)21-15-6-4-5-14(11-15)12-20/h2-8,11H,9-10H2,1H3,(H,21,24). The van der Waals surface area contributed by atoms with Crippen molar-refractivity contribution in [3.8, 4) is 6.07 Å². The monoisotopic (exact) mass is 341 g/mol. The van der Waals surface area contributed by atoms with Crippen LogP contribution in [0.4, 0.5) is 11.4 Å². The van der Waals surface area contributed by atoms with E-state index in [4.69, 9.17) is 16.9 Å². The van der Waals surface area contributed by atoms with Crippen LogP contribution in [-0.4, -0.2) is 18.4 Å². The summed E-state index contributed by atoms with van der Waals surface area (Å²) in [6.45, 7) is 1.64. The van der Waals surface area contributed by atoms with Crippen LogP contribution in [-0.2, 0) is 9.59 Å². The van der Waals surface area contributed by atoms with Gasteiger partial charge in [-0.05, 0) is 30.3 Å². The maximum Gasteiger partial charge on any atom is 0.226 e. The second-order valence-corrected chi connectivity index (χ2v) is 5.52. The van der Waals surface area contributed by atoms with E-state index in [2.05, 4.69) is 5.32 Å². The van der Waals surface area contributed by atoms with Crippen LogP contribution in [0.3, 0.4) is 0 Å². The molecule has 2 aromatic carbocycles. The number of para-hydroxylation sites is 1. The SMILES string of the molecule is CC(=O)N(CCC(=O)Nc1cccc(C#N)c1)c1ccccc1Cl. The number of nitriles is 1. The fourth-order valence-electron chi connectivity index (χ4n) is 2.22. The smallest absolute Gasteiger partial charge is 0.226 e. The molecule has 2 aromatic rings. The fraction of sp³-hybridized carbons (Fsp3) is 0.167. The number of amides is 2. The molecule has 0 radical (unpaired) electrons. The van der Waals surface area contributed by atoms with Crippen molar-refractivity contribution in [2.45, 2.75) is 13.3 Å². The Balaban J connectivity index is 2.02. The minimum atomic E-state index is -0.247. The van der Waals surface area contributed by atoms with E-state index in [-0.39, 0.29) is 24.8 Å². The van der Waals surface area contributed by atoms with E-state index in [1.54, 1.807) is 48.5 Å². The van der Waals surface area contributed by atoms with Crippen LogP contribution in [0.2, 0.25) is 5.02 Å². The molecule has 0 saturated carbocycles. The Kier molecular flexibility index (Phi) is 5.94. The third kappa shape index (κ3) is 4.58. The molecule has 0 atom stereocenters. The first-order valence-corrected chi connectivity index (χ1v) is 7.71. The highest BCUT2D eigenvalue weighted by Gasteiger charge is 2.16. The van der Waals surface area contributed by atoms with Crippen molar-refractivity contribution >= 4 is 34.8 Å². The maximum absolute atomic E-state index is 12.1. The molecule has 0 fully saturated rings. The first-order chi connectivity index (χ1) is 11.5. The zero-order valence-electron chi connectivity index (χ0n) is 13.1. The number of nitrogens with one attached hydrogen (secondary N) is 1. The zero-order chi connectivity index (χ0) is 17.5. The second kappa shape index (κ2) is 8.14. The highest BCUT2D eigenvalue weighted by Crippen LogP contribution is 2.25. The lowest BCUT2D eigenvalue weighted by Crippen LogP contribution is -2.32. The van der Waals surface area contributed by atoms with Gasteiger partial charge in [-0.25, -0.2) is 0 Å². The number of hydrogen-bond donors (Lipinski definition) is 1. The molecule has 122 valence electrons. The van der Waals surface area contributed by atoms with Crippen LogP contribution < -0.4 is 10.2 Å². The van der Waals surface area contributed by atoms with Crippen LogP contribution in [0.25, 0.3) is 0 Å². The molecule has 0 aliphatic heterocycles. The van der Waals surface area contributed by atoms with Crippen molar-refractivity contribution in [2.75, 3.05) is 16.8 Å². The molecule has 0 unspecified atom stereocenters. The van der Waals surface area contributed by atoms with Gasteiger partial charge in [-0.2, -0.15) is 5.26 Å². The van der Waals surface area contributed by atoms with Crippen LogP contribution in [0.15, 0.2) is 48.5 Å². The molecule has 0 aliphatic carbocycles. The van der Waals surface area contributed by atoms with Gasteiger partial charge in [-0.3, -0.25) is 9.59 Å². The number of rotatable bonds is 5. The summed E-state index contributed by atoms with van der Waals surface area (Å²) in [6, 6.07) is 15.7. The Morgan fingerprint density at radius 3 is 2.62 bits per heavy atom. The molecule has 0 spiro atoms. The van der Waals surface area contributed by atoms with Gasteiger partial charge in [0.1, 0.15) is 0 Å². The lowest BCUT2D eigenvalue weighted by molar-refractivity contribution is -0.117. The van der Waals surface area contributed by atoms with Crippen molar-refractivity contribution in [1.29, 1.82) is 5.26 Å². The summed E-state index contributed by atoms with van der Waals surface area (Å²) < 4.78 is 0. The number of benzene rings is 2. The maximum atomic E-state index is 12.1. The van der Waals surface area contributed by atoms with Crippen LogP contribution in [0, 0.1) is 11.3 Å². The molecule has 2 rings (SSSR count). The van der Waals surface area contributed by atoms with Gasteiger partial charge in [0.25, 0.3) is 0 Å². The first kappa shape index (κ1) is 17.5. The van der Waals surface area contributed by atoms with Crippen molar-refractivity contribution < 1.29 is 9.59 Å². The predicted octanol–water partition coefficient (Wildman–Crippen LogP) is 3.59. The molecular formula is C18H16ClN3O2. The molecule has 24 heavy (non-hydrogen) atoms. The van der Waals surface area contributed by atoms with Gasteiger partial charge in [0, 0.05) is 25.6 Å². The summed E-state index contributed by atoms with van der Waals surface area (Å²) >= 11 is 6.12. The molecule has 1 N–H and O–H groups in total. The van der Waals surface area contributed by atoms with Gasteiger partial charge in [0.15, 0.2) is 0 Å². The van der Waals surface area contributed by atoms with Gasteiger partial charge in [0.05, 0.1) is 22.3 Å². The molecule has 0 bridgehead atoms. The number of carbonyl (C=O) groups excluding carboxylic acids is 2. The minimum Gasteiger partial charge on any atom is -0.326 e. The number of carbonyl (C=O) groups is 2. The Labute approximate surface area is 145 Å². The lowest BCUT2D eigenvalue weighted by Gasteiger charge is -2.22. The van der Waals surface area contributed by atoms with E-state index < -0.39 is 0 Å². The number of anilines is 2. The molecule has 0 aliphatic rings. The van der Waals surface area contributed by atoms with Gasteiger partial charge in [-0.15, -0.1) is 0 Å². The van der Waals surface area contributed by atoms with Crippen LogP contribution >= 0.6 is 11.6 Å². The van der Waals surface area contributed by atoms with E-state index in [1.807, 2.05) is 6.07 Å². The van der Waals surface area contributed by atoms with Crippen LogP contribution in [0.1, 0.15) is 18.9 Å². The molecule has 2 amide bonds. The highest BCUT2D eigenvalue weighted by atomic mass is 35.5. The quantitative estimate of drug-likeness (QED) is 0.903. The fourth-order valence-corrected chi connectivity index (χ4v) is 2.46. The van der Waals surface area contributed by atoms with E-state index in [0.29, 0.717) is 22.0 Å². The van der Waals surface area contributed by atoms with Crippen molar-refractivity contribution in [3.63, 3.8) is 0 Å². The topological polar surface area (TPSA) is 73.2 Å². The summed E-state index contributed by atoms with van der Waals surface area (Å²) in [5.41, 5.74) is 1.59. The Hall–Kier alpha value is -2.84. The second-order valence-electron chi connectivity index (χ2n) is 5.11. The van der Waals surface area contributed by atoms with Gasteiger partial charge in [-0.1, -0.05) is 29.8 Å². The van der Waals surface area contributed by atoms with Gasteiger partial charge < -0.3 is 10.2 Å². The summed E-state index contributed by atoms with van der Waals surface area (Å²) in [5, 5.41) is 12.0. The summed E-state index contributed by atoms with van der Waals surface area (Å²) in [4.78, 5) is 25.4. The number of halogens is 1. The number of hydrogen-bond acceptors (Lipinski definition) is 3. The van der Waals surface area contributed by atoms with E-state index in [1.165, 1.54) is 11.8 Å².